The number of benzene rings is 2. The second-order valence-electron chi connectivity index (χ2n) is 7.77. The standard InChI is InChI=1S/C25H35N/c1-6-21(4)26(18-17-23-11-8-7-9-12-23)22(5)25-14-10-13-24(19-25)16-15-20(2)3/h7-14,19-21H,5-6,15-18H2,1-4H3. The maximum Gasteiger partial charge on any atom is 0.0369 e. The molecule has 26 heavy (non-hydrogen) atoms. The maximum absolute atomic E-state index is 4.47. The fraction of sp³-hybridized carbons (Fsp3) is 0.440. The molecular weight excluding hydrogens is 314 g/mol. The predicted molar refractivity (Wildman–Crippen MR) is 115 cm³/mol. The molecule has 0 saturated heterocycles. The maximum atomic E-state index is 4.47. The van der Waals surface area contributed by atoms with Gasteiger partial charge in [-0.05, 0) is 61.3 Å². The average Bonchev–Trinajstić information content (AvgIpc) is 2.67. The molecule has 1 nitrogen and oxygen atoms in total. The van der Waals surface area contributed by atoms with Crippen LogP contribution in [-0.4, -0.2) is 17.5 Å². The van der Waals surface area contributed by atoms with Gasteiger partial charge in [0, 0.05) is 18.3 Å². The highest BCUT2D eigenvalue weighted by molar-refractivity contribution is 5.62. The molecule has 0 bridgehead atoms. The van der Waals surface area contributed by atoms with Gasteiger partial charge in [-0.1, -0.05) is 75.9 Å². The van der Waals surface area contributed by atoms with E-state index in [-0.39, 0.29) is 0 Å². The predicted octanol–water partition coefficient (Wildman–Crippen LogP) is 6.59. The Bertz CT molecular complexity index is 672. The van der Waals surface area contributed by atoms with E-state index in [0.29, 0.717) is 6.04 Å². The van der Waals surface area contributed by atoms with E-state index in [1.807, 2.05) is 0 Å². The van der Waals surface area contributed by atoms with E-state index in [1.54, 1.807) is 0 Å². The van der Waals surface area contributed by atoms with Crippen LogP contribution in [0.2, 0.25) is 0 Å². The van der Waals surface area contributed by atoms with Crippen LogP contribution >= 0.6 is 0 Å². The van der Waals surface area contributed by atoms with E-state index in [0.717, 1.165) is 37.4 Å². The molecule has 2 aromatic carbocycles. The molecule has 1 unspecified atom stereocenters. The van der Waals surface area contributed by atoms with Crippen molar-refractivity contribution in [3.05, 3.63) is 77.9 Å². The van der Waals surface area contributed by atoms with E-state index in [1.165, 1.54) is 23.1 Å². The van der Waals surface area contributed by atoms with Gasteiger partial charge in [0.15, 0.2) is 0 Å². The fourth-order valence-electron chi connectivity index (χ4n) is 3.26. The van der Waals surface area contributed by atoms with Gasteiger partial charge < -0.3 is 4.90 Å². The molecule has 0 radical (unpaired) electrons. The Labute approximate surface area is 160 Å². The summed E-state index contributed by atoms with van der Waals surface area (Å²) in [6.07, 6.45) is 4.56. The lowest BCUT2D eigenvalue weighted by molar-refractivity contribution is 0.308. The summed E-state index contributed by atoms with van der Waals surface area (Å²) >= 11 is 0. The van der Waals surface area contributed by atoms with Crippen LogP contribution in [0.3, 0.4) is 0 Å². The topological polar surface area (TPSA) is 3.24 Å². The highest BCUT2D eigenvalue weighted by atomic mass is 15.2. The molecular formula is C25H35N. The van der Waals surface area contributed by atoms with Gasteiger partial charge in [0.05, 0.1) is 0 Å². The third-order valence-electron chi connectivity index (χ3n) is 5.22. The van der Waals surface area contributed by atoms with Crippen LogP contribution in [0.4, 0.5) is 0 Å². The Morgan fingerprint density at radius 3 is 2.27 bits per heavy atom. The normalized spacial score (nSPS) is 12.2. The van der Waals surface area contributed by atoms with Crippen molar-refractivity contribution in [3.63, 3.8) is 0 Å². The van der Waals surface area contributed by atoms with Crippen LogP contribution in [0.15, 0.2) is 61.2 Å². The van der Waals surface area contributed by atoms with E-state index in [2.05, 4.69) is 93.8 Å². The minimum absolute atomic E-state index is 0.491. The monoisotopic (exact) mass is 349 g/mol. The van der Waals surface area contributed by atoms with Crippen LogP contribution in [-0.2, 0) is 12.8 Å². The first-order valence-electron chi connectivity index (χ1n) is 10.1. The molecule has 0 aromatic heterocycles. The number of nitrogens with zero attached hydrogens (tertiary/aromatic N) is 1. The Balaban J connectivity index is 2.11. The highest BCUT2D eigenvalue weighted by Crippen LogP contribution is 2.23. The van der Waals surface area contributed by atoms with Crippen molar-refractivity contribution in [2.24, 2.45) is 5.92 Å². The van der Waals surface area contributed by atoms with Crippen molar-refractivity contribution in [2.45, 2.75) is 59.4 Å². The summed E-state index contributed by atoms with van der Waals surface area (Å²) in [5.41, 5.74) is 5.23. The highest BCUT2D eigenvalue weighted by Gasteiger charge is 2.16. The molecule has 0 aliphatic rings. The van der Waals surface area contributed by atoms with Crippen molar-refractivity contribution in [3.8, 4) is 0 Å². The van der Waals surface area contributed by atoms with Crippen LogP contribution in [0.25, 0.3) is 5.70 Å². The molecule has 0 amide bonds. The number of hydrogen-bond acceptors (Lipinski definition) is 1. The van der Waals surface area contributed by atoms with Crippen LogP contribution in [0, 0.1) is 5.92 Å². The third kappa shape index (κ3) is 6.05. The van der Waals surface area contributed by atoms with Crippen LogP contribution < -0.4 is 0 Å². The molecule has 2 rings (SSSR count). The first-order valence-corrected chi connectivity index (χ1v) is 10.1. The molecule has 2 aromatic rings. The minimum atomic E-state index is 0.491. The van der Waals surface area contributed by atoms with Crippen LogP contribution in [0.5, 0.6) is 0 Å². The van der Waals surface area contributed by atoms with Gasteiger partial charge in [-0.2, -0.15) is 0 Å². The summed E-state index contributed by atoms with van der Waals surface area (Å²) in [6.45, 7) is 14.6. The van der Waals surface area contributed by atoms with Crippen molar-refractivity contribution in [1.29, 1.82) is 0 Å². The molecule has 1 atom stereocenters. The Hall–Kier alpha value is -2.02. The van der Waals surface area contributed by atoms with Gasteiger partial charge in [0.25, 0.3) is 0 Å². The summed E-state index contributed by atoms with van der Waals surface area (Å²) in [6, 6.07) is 20.2. The Morgan fingerprint density at radius 1 is 0.923 bits per heavy atom. The SMILES string of the molecule is C=C(c1cccc(CCC(C)C)c1)N(CCc1ccccc1)C(C)CC. The first-order chi connectivity index (χ1) is 12.5. The Morgan fingerprint density at radius 2 is 1.62 bits per heavy atom. The second kappa shape index (κ2) is 10.2. The zero-order valence-corrected chi connectivity index (χ0v) is 17.0. The van der Waals surface area contributed by atoms with Gasteiger partial charge in [-0.25, -0.2) is 0 Å². The van der Waals surface area contributed by atoms with Gasteiger partial charge in [-0.3, -0.25) is 0 Å². The number of aryl methyl sites for hydroxylation is 1. The molecule has 140 valence electrons. The van der Waals surface area contributed by atoms with E-state index >= 15 is 0 Å². The number of hydrogen-bond donors (Lipinski definition) is 0. The molecule has 0 saturated carbocycles. The first kappa shape index (κ1) is 20.3. The molecule has 0 aliphatic heterocycles. The van der Waals surface area contributed by atoms with Crippen LogP contribution in [0.1, 0.15) is 57.2 Å². The van der Waals surface area contributed by atoms with Crippen molar-refractivity contribution in [1.82, 2.24) is 4.90 Å². The fourth-order valence-corrected chi connectivity index (χ4v) is 3.26. The van der Waals surface area contributed by atoms with Crippen molar-refractivity contribution < 1.29 is 0 Å². The van der Waals surface area contributed by atoms with Gasteiger partial charge >= 0.3 is 0 Å². The molecule has 1 heteroatoms. The molecule has 0 heterocycles. The quantitative estimate of drug-likeness (QED) is 0.468. The zero-order chi connectivity index (χ0) is 18.9. The van der Waals surface area contributed by atoms with Crippen molar-refractivity contribution in [2.75, 3.05) is 6.54 Å². The summed E-state index contributed by atoms with van der Waals surface area (Å²) in [4.78, 5) is 2.48. The minimum Gasteiger partial charge on any atom is -0.369 e. The summed E-state index contributed by atoms with van der Waals surface area (Å²) in [7, 11) is 0. The van der Waals surface area contributed by atoms with E-state index in [4.69, 9.17) is 0 Å². The molecule has 0 fully saturated rings. The molecule has 0 spiro atoms. The van der Waals surface area contributed by atoms with Gasteiger partial charge in [-0.15, -0.1) is 0 Å². The molecule has 0 N–H and O–H groups in total. The van der Waals surface area contributed by atoms with Crippen molar-refractivity contribution >= 4 is 5.70 Å². The summed E-state index contributed by atoms with van der Waals surface area (Å²) < 4.78 is 0. The number of rotatable bonds is 10. The zero-order valence-electron chi connectivity index (χ0n) is 17.0. The van der Waals surface area contributed by atoms with E-state index < -0.39 is 0 Å². The molecule has 0 aliphatic carbocycles. The lowest BCUT2D eigenvalue weighted by Gasteiger charge is -2.33. The van der Waals surface area contributed by atoms with Gasteiger partial charge in [0.1, 0.15) is 0 Å². The van der Waals surface area contributed by atoms with Gasteiger partial charge in [0.2, 0.25) is 0 Å². The lowest BCUT2D eigenvalue weighted by Crippen LogP contribution is -2.32. The third-order valence-corrected chi connectivity index (χ3v) is 5.22. The van der Waals surface area contributed by atoms with E-state index in [9.17, 15) is 0 Å². The summed E-state index contributed by atoms with van der Waals surface area (Å²) in [5.74, 6) is 0.740. The largest absolute Gasteiger partial charge is 0.369 e. The average molecular weight is 350 g/mol. The second-order valence-corrected chi connectivity index (χ2v) is 7.77. The smallest absolute Gasteiger partial charge is 0.0369 e. The summed E-state index contributed by atoms with van der Waals surface area (Å²) in [5, 5.41) is 0. The Kier molecular flexibility index (Phi) is 7.97. The lowest BCUT2D eigenvalue weighted by atomic mass is 9.99.